The molecule has 0 saturated heterocycles. The summed E-state index contributed by atoms with van der Waals surface area (Å²) in [6, 6.07) is 1.13. The van der Waals surface area contributed by atoms with Crippen molar-refractivity contribution >= 4 is 26.0 Å². The summed E-state index contributed by atoms with van der Waals surface area (Å²) in [5.41, 5.74) is 0. The second-order valence-electron chi connectivity index (χ2n) is 4.49. The van der Waals surface area contributed by atoms with Crippen LogP contribution in [0.4, 0.5) is 8.78 Å². The van der Waals surface area contributed by atoms with Crippen molar-refractivity contribution in [2.45, 2.75) is 38.1 Å². The third kappa shape index (κ3) is 3.97. The molecular weight excluding hydrogens is 340 g/mol. The molecule has 0 aliphatic heterocycles. The molecule has 0 radical (unpaired) electrons. The molecule has 2 atom stereocenters. The van der Waals surface area contributed by atoms with Crippen molar-refractivity contribution in [1.82, 2.24) is 4.72 Å². The molecule has 1 aromatic carbocycles. The van der Waals surface area contributed by atoms with Crippen molar-refractivity contribution in [1.29, 1.82) is 0 Å². The van der Waals surface area contributed by atoms with Crippen LogP contribution in [0.15, 0.2) is 21.5 Å². The fourth-order valence-corrected chi connectivity index (χ4v) is 4.08. The summed E-state index contributed by atoms with van der Waals surface area (Å²) >= 11 is 2.88. The summed E-state index contributed by atoms with van der Waals surface area (Å²) in [6.45, 7) is 5.54. The highest BCUT2D eigenvalue weighted by Crippen LogP contribution is 2.26. The standard InChI is InChI=1S/C12H16BrF2NO2S/c1-4-7(2)8(3)16-19(17,18)12-10(13)5-9(14)6-11(12)15/h5-8,16H,4H2,1-3H3. The second kappa shape index (κ2) is 6.28. The third-order valence-corrected chi connectivity index (χ3v) is 5.59. The normalized spacial score (nSPS) is 15.3. The van der Waals surface area contributed by atoms with Crippen LogP contribution in [0.3, 0.4) is 0 Å². The predicted molar refractivity (Wildman–Crippen MR) is 73.3 cm³/mol. The summed E-state index contributed by atoms with van der Waals surface area (Å²) in [5.74, 6) is -1.84. The fraction of sp³-hybridized carbons (Fsp3) is 0.500. The molecule has 108 valence electrons. The van der Waals surface area contributed by atoms with Crippen LogP contribution in [0, 0.1) is 17.6 Å². The van der Waals surface area contributed by atoms with Gasteiger partial charge >= 0.3 is 0 Å². The Labute approximate surface area is 120 Å². The van der Waals surface area contributed by atoms with Crippen molar-refractivity contribution in [2.75, 3.05) is 0 Å². The van der Waals surface area contributed by atoms with Gasteiger partial charge in [0.15, 0.2) is 0 Å². The largest absolute Gasteiger partial charge is 0.244 e. The first kappa shape index (κ1) is 16.5. The predicted octanol–water partition coefficient (Wildman–Crippen LogP) is 3.44. The molecule has 0 bridgehead atoms. The minimum atomic E-state index is -4.03. The van der Waals surface area contributed by atoms with E-state index in [1.54, 1.807) is 6.92 Å². The Hall–Kier alpha value is -0.530. The van der Waals surface area contributed by atoms with E-state index in [0.29, 0.717) is 6.07 Å². The van der Waals surface area contributed by atoms with Crippen molar-refractivity contribution in [3.8, 4) is 0 Å². The van der Waals surface area contributed by atoms with Gasteiger partial charge in [0.1, 0.15) is 16.5 Å². The Morgan fingerprint density at radius 3 is 2.37 bits per heavy atom. The van der Waals surface area contributed by atoms with E-state index in [4.69, 9.17) is 0 Å². The highest BCUT2D eigenvalue weighted by Gasteiger charge is 2.26. The zero-order valence-electron chi connectivity index (χ0n) is 10.9. The maximum atomic E-state index is 13.7. The molecule has 1 aromatic rings. The third-order valence-electron chi connectivity index (χ3n) is 3.07. The van der Waals surface area contributed by atoms with E-state index in [1.807, 2.05) is 13.8 Å². The molecule has 1 rings (SSSR count). The Morgan fingerprint density at radius 1 is 1.32 bits per heavy atom. The number of halogens is 3. The van der Waals surface area contributed by atoms with Gasteiger partial charge in [0, 0.05) is 16.6 Å². The first-order valence-electron chi connectivity index (χ1n) is 5.86. The SMILES string of the molecule is CCC(C)C(C)NS(=O)(=O)c1c(F)cc(F)cc1Br. The molecule has 0 aliphatic carbocycles. The quantitative estimate of drug-likeness (QED) is 0.879. The number of sulfonamides is 1. The van der Waals surface area contributed by atoms with E-state index in [9.17, 15) is 17.2 Å². The van der Waals surface area contributed by atoms with Gasteiger partial charge in [0.2, 0.25) is 10.0 Å². The Kier molecular flexibility index (Phi) is 5.46. The molecule has 0 fully saturated rings. The van der Waals surface area contributed by atoms with Gasteiger partial charge in [0.05, 0.1) is 0 Å². The van der Waals surface area contributed by atoms with Gasteiger partial charge in [-0.05, 0) is 34.8 Å². The van der Waals surface area contributed by atoms with E-state index in [0.717, 1.165) is 12.5 Å². The van der Waals surface area contributed by atoms with E-state index in [2.05, 4.69) is 20.7 Å². The van der Waals surface area contributed by atoms with Crippen molar-refractivity contribution in [2.24, 2.45) is 5.92 Å². The van der Waals surface area contributed by atoms with Gasteiger partial charge < -0.3 is 0 Å². The average Bonchev–Trinajstić information content (AvgIpc) is 2.24. The van der Waals surface area contributed by atoms with Gasteiger partial charge in [0.25, 0.3) is 0 Å². The highest BCUT2D eigenvalue weighted by atomic mass is 79.9. The van der Waals surface area contributed by atoms with Gasteiger partial charge in [-0.15, -0.1) is 0 Å². The molecule has 0 aromatic heterocycles. The Bertz CT molecular complexity index is 540. The minimum Gasteiger partial charge on any atom is -0.208 e. The molecule has 0 amide bonds. The molecular formula is C12H16BrF2NO2S. The summed E-state index contributed by atoms with van der Waals surface area (Å²) in [5, 5.41) is 0. The van der Waals surface area contributed by atoms with Crippen molar-refractivity contribution in [3.05, 3.63) is 28.2 Å². The zero-order valence-corrected chi connectivity index (χ0v) is 13.3. The van der Waals surface area contributed by atoms with E-state index in [-0.39, 0.29) is 16.4 Å². The summed E-state index contributed by atoms with van der Waals surface area (Å²) in [6.07, 6.45) is 0.788. The van der Waals surface area contributed by atoms with Crippen molar-refractivity contribution < 1.29 is 17.2 Å². The summed E-state index contributed by atoms with van der Waals surface area (Å²) in [4.78, 5) is -0.566. The molecule has 3 nitrogen and oxygen atoms in total. The molecule has 0 spiro atoms. The van der Waals surface area contributed by atoms with Crippen LogP contribution in [-0.4, -0.2) is 14.5 Å². The first-order valence-corrected chi connectivity index (χ1v) is 8.13. The number of benzene rings is 1. The van der Waals surface area contributed by atoms with E-state index in [1.165, 1.54) is 0 Å². The lowest BCUT2D eigenvalue weighted by atomic mass is 10.0. The molecule has 0 aliphatic rings. The van der Waals surface area contributed by atoms with Crippen LogP contribution in [0.25, 0.3) is 0 Å². The van der Waals surface area contributed by atoms with Gasteiger partial charge in [-0.1, -0.05) is 20.3 Å². The number of hydrogen-bond acceptors (Lipinski definition) is 2. The molecule has 7 heteroatoms. The first-order chi connectivity index (χ1) is 8.69. The lowest BCUT2D eigenvalue weighted by Gasteiger charge is -2.20. The number of nitrogens with one attached hydrogen (secondary N) is 1. The highest BCUT2D eigenvalue weighted by molar-refractivity contribution is 9.10. The smallest absolute Gasteiger partial charge is 0.208 e. The van der Waals surface area contributed by atoms with E-state index < -0.39 is 26.6 Å². The van der Waals surface area contributed by atoms with Gasteiger partial charge in [-0.25, -0.2) is 21.9 Å². The zero-order chi connectivity index (χ0) is 14.8. The van der Waals surface area contributed by atoms with Crippen LogP contribution in [0.1, 0.15) is 27.2 Å². The molecule has 2 unspecified atom stereocenters. The topological polar surface area (TPSA) is 46.2 Å². The summed E-state index contributed by atoms with van der Waals surface area (Å²) < 4.78 is 53.1. The second-order valence-corrected chi connectivity index (χ2v) is 7.00. The molecule has 19 heavy (non-hydrogen) atoms. The monoisotopic (exact) mass is 355 g/mol. The lowest BCUT2D eigenvalue weighted by Crippen LogP contribution is -2.37. The fourth-order valence-electron chi connectivity index (χ4n) is 1.56. The minimum absolute atomic E-state index is 0.108. The number of rotatable bonds is 5. The maximum absolute atomic E-state index is 13.7. The number of hydrogen-bond donors (Lipinski definition) is 1. The van der Waals surface area contributed by atoms with E-state index >= 15 is 0 Å². The van der Waals surface area contributed by atoms with Gasteiger partial charge in [-0.3, -0.25) is 0 Å². The molecule has 0 heterocycles. The van der Waals surface area contributed by atoms with Crippen molar-refractivity contribution in [3.63, 3.8) is 0 Å². The van der Waals surface area contributed by atoms with Crippen LogP contribution < -0.4 is 4.72 Å². The Morgan fingerprint density at radius 2 is 1.89 bits per heavy atom. The van der Waals surface area contributed by atoms with Gasteiger partial charge in [-0.2, -0.15) is 0 Å². The van der Waals surface area contributed by atoms with Crippen LogP contribution >= 0.6 is 15.9 Å². The maximum Gasteiger partial charge on any atom is 0.244 e. The van der Waals surface area contributed by atoms with Crippen LogP contribution in [0.5, 0.6) is 0 Å². The van der Waals surface area contributed by atoms with Crippen LogP contribution in [-0.2, 0) is 10.0 Å². The summed E-state index contributed by atoms with van der Waals surface area (Å²) in [7, 11) is -4.03. The lowest BCUT2D eigenvalue weighted by molar-refractivity contribution is 0.432. The Balaban J connectivity index is 3.15. The molecule has 0 saturated carbocycles. The molecule has 1 N–H and O–H groups in total. The average molecular weight is 356 g/mol. The van der Waals surface area contributed by atoms with Crippen LogP contribution in [0.2, 0.25) is 0 Å².